The summed E-state index contributed by atoms with van der Waals surface area (Å²) in [5.74, 6) is 0.0128. The SMILES string of the molecule is CC(C)NC(=O)O[C@@H]1CC[C@H](c2cc(NC(=O)COCc3cccc(O)c3C=O)n[nH]2)C1. The van der Waals surface area contributed by atoms with Crippen molar-refractivity contribution < 1.29 is 29.0 Å². The number of alkyl carbamates (subject to hydrolysis) is 1. The molecular formula is C22H28N4O6. The third kappa shape index (κ3) is 6.30. The van der Waals surface area contributed by atoms with Crippen molar-refractivity contribution in [1.29, 1.82) is 0 Å². The molecule has 0 aliphatic heterocycles. The molecule has 0 spiro atoms. The van der Waals surface area contributed by atoms with E-state index in [1.54, 1.807) is 18.2 Å². The van der Waals surface area contributed by atoms with Crippen molar-refractivity contribution in [2.45, 2.75) is 57.8 Å². The maximum Gasteiger partial charge on any atom is 0.407 e. The van der Waals surface area contributed by atoms with Gasteiger partial charge < -0.3 is 25.2 Å². The molecule has 1 aromatic carbocycles. The van der Waals surface area contributed by atoms with E-state index in [0.29, 0.717) is 24.1 Å². The van der Waals surface area contributed by atoms with Gasteiger partial charge in [-0.25, -0.2) is 4.79 Å². The Hall–Kier alpha value is -3.40. The number of benzene rings is 1. The van der Waals surface area contributed by atoms with Gasteiger partial charge in [-0.3, -0.25) is 14.7 Å². The lowest BCUT2D eigenvalue weighted by atomic mass is 10.0. The second-order valence-corrected chi connectivity index (χ2v) is 8.05. The Morgan fingerprint density at radius 3 is 2.91 bits per heavy atom. The molecule has 1 aliphatic rings. The highest BCUT2D eigenvalue weighted by atomic mass is 16.6. The number of aromatic amines is 1. The van der Waals surface area contributed by atoms with Gasteiger partial charge in [-0.05, 0) is 44.7 Å². The minimum absolute atomic E-state index is 0.00948. The molecule has 0 bridgehead atoms. The number of nitrogens with zero attached hydrogens (tertiary/aromatic N) is 1. The molecule has 0 unspecified atom stereocenters. The largest absolute Gasteiger partial charge is 0.507 e. The number of rotatable bonds is 9. The molecular weight excluding hydrogens is 416 g/mol. The van der Waals surface area contributed by atoms with Crippen molar-refractivity contribution in [2.24, 2.45) is 0 Å². The average Bonchev–Trinajstić information content (AvgIpc) is 3.37. The fraction of sp³-hybridized carbons (Fsp3) is 0.455. The first-order valence-electron chi connectivity index (χ1n) is 10.5. The van der Waals surface area contributed by atoms with Gasteiger partial charge in [-0.2, -0.15) is 5.10 Å². The Morgan fingerprint density at radius 2 is 2.16 bits per heavy atom. The van der Waals surface area contributed by atoms with Crippen LogP contribution in [-0.4, -0.2) is 52.3 Å². The second kappa shape index (κ2) is 10.8. The lowest BCUT2D eigenvalue weighted by molar-refractivity contribution is -0.121. The van der Waals surface area contributed by atoms with E-state index in [4.69, 9.17) is 9.47 Å². The molecule has 1 heterocycles. The number of nitrogens with one attached hydrogen (secondary N) is 3. The lowest BCUT2D eigenvalue weighted by Gasteiger charge is -2.14. The number of carbonyl (C=O) groups is 3. The molecule has 1 fully saturated rings. The Labute approximate surface area is 185 Å². The van der Waals surface area contributed by atoms with Crippen molar-refractivity contribution in [3.8, 4) is 5.75 Å². The van der Waals surface area contributed by atoms with E-state index in [1.807, 2.05) is 13.8 Å². The fourth-order valence-electron chi connectivity index (χ4n) is 3.65. The number of carbonyl (C=O) groups excluding carboxylic acids is 3. The zero-order valence-electron chi connectivity index (χ0n) is 18.1. The summed E-state index contributed by atoms with van der Waals surface area (Å²) >= 11 is 0. The van der Waals surface area contributed by atoms with Crippen molar-refractivity contribution >= 4 is 24.1 Å². The quantitative estimate of drug-likeness (QED) is 0.436. The van der Waals surface area contributed by atoms with E-state index in [-0.39, 0.29) is 42.6 Å². The predicted molar refractivity (Wildman–Crippen MR) is 116 cm³/mol. The zero-order chi connectivity index (χ0) is 23.1. The van der Waals surface area contributed by atoms with Gasteiger partial charge in [0.05, 0.1) is 12.2 Å². The topological polar surface area (TPSA) is 143 Å². The van der Waals surface area contributed by atoms with Crippen molar-refractivity contribution in [3.05, 3.63) is 41.1 Å². The minimum Gasteiger partial charge on any atom is -0.507 e. The van der Waals surface area contributed by atoms with E-state index in [0.717, 1.165) is 18.5 Å². The molecule has 3 rings (SSSR count). The molecule has 0 radical (unpaired) electrons. The van der Waals surface area contributed by atoms with Gasteiger partial charge in [0, 0.05) is 23.7 Å². The summed E-state index contributed by atoms with van der Waals surface area (Å²) in [6.45, 7) is 3.52. The van der Waals surface area contributed by atoms with Gasteiger partial charge in [0.25, 0.3) is 5.91 Å². The highest BCUT2D eigenvalue weighted by Crippen LogP contribution is 2.35. The normalized spacial score (nSPS) is 17.8. The number of amides is 2. The molecule has 1 aliphatic carbocycles. The standard InChI is InChI=1S/C22H28N4O6/c1-13(2)23-22(30)32-16-7-6-14(8-16)18-9-20(26-25-18)24-21(29)12-31-11-15-4-3-5-19(28)17(15)10-27/h3-5,9-10,13-14,16,28H,6-8,11-12H2,1-2H3,(H,23,30)(H2,24,25,26,29)/t14-,16+/m0/s1. The maximum absolute atomic E-state index is 12.1. The van der Waals surface area contributed by atoms with E-state index < -0.39 is 12.0 Å². The van der Waals surface area contributed by atoms with Crippen molar-refractivity contribution in [3.63, 3.8) is 0 Å². The zero-order valence-corrected chi connectivity index (χ0v) is 18.1. The van der Waals surface area contributed by atoms with Gasteiger partial charge >= 0.3 is 6.09 Å². The molecule has 2 amide bonds. The summed E-state index contributed by atoms with van der Waals surface area (Å²) in [5, 5.41) is 22.1. The van der Waals surface area contributed by atoms with Crippen LogP contribution in [0.5, 0.6) is 5.75 Å². The molecule has 10 nitrogen and oxygen atoms in total. The summed E-state index contributed by atoms with van der Waals surface area (Å²) in [4.78, 5) is 35.0. The lowest BCUT2D eigenvalue weighted by Crippen LogP contribution is -2.33. The molecule has 32 heavy (non-hydrogen) atoms. The predicted octanol–water partition coefficient (Wildman–Crippen LogP) is 2.85. The molecule has 4 N–H and O–H groups in total. The number of hydrogen-bond donors (Lipinski definition) is 4. The van der Waals surface area contributed by atoms with Crippen LogP contribution >= 0.6 is 0 Å². The van der Waals surface area contributed by atoms with Crippen LogP contribution in [0.1, 0.15) is 60.6 Å². The van der Waals surface area contributed by atoms with Crippen LogP contribution in [0.25, 0.3) is 0 Å². The summed E-state index contributed by atoms with van der Waals surface area (Å²) in [5.41, 5.74) is 1.51. The molecule has 2 aromatic rings. The number of aromatic nitrogens is 2. The van der Waals surface area contributed by atoms with Crippen LogP contribution in [0.15, 0.2) is 24.3 Å². The monoisotopic (exact) mass is 444 g/mol. The average molecular weight is 444 g/mol. The smallest absolute Gasteiger partial charge is 0.407 e. The van der Waals surface area contributed by atoms with E-state index in [9.17, 15) is 19.5 Å². The van der Waals surface area contributed by atoms with Crippen LogP contribution in [0, 0.1) is 0 Å². The Kier molecular flexibility index (Phi) is 7.82. The van der Waals surface area contributed by atoms with Crippen LogP contribution in [0.4, 0.5) is 10.6 Å². The summed E-state index contributed by atoms with van der Waals surface area (Å²) in [7, 11) is 0. The Bertz CT molecular complexity index is 958. The molecule has 172 valence electrons. The third-order valence-electron chi connectivity index (χ3n) is 5.15. The van der Waals surface area contributed by atoms with E-state index >= 15 is 0 Å². The Balaban J connectivity index is 1.44. The number of anilines is 1. The first-order chi connectivity index (χ1) is 15.4. The first kappa shape index (κ1) is 23.3. The number of hydrogen-bond acceptors (Lipinski definition) is 7. The number of aldehydes is 1. The van der Waals surface area contributed by atoms with Crippen LogP contribution in [0.3, 0.4) is 0 Å². The van der Waals surface area contributed by atoms with Gasteiger partial charge in [-0.15, -0.1) is 0 Å². The van der Waals surface area contributed by atoms with Gasteiger partial charge in [0.15, 0.2) is 12.1 Å². The highest BCUT2D eigenvalue weighted by molar-refractivity contribution is 5.90. The third-order valence-corrected chi connectivity index (χ3v) is 5.15. The number of ether oxygens (including phenoxy) is 2. The van der Waals surface area contributed by atoms with Gasteiger partial charge in [-0.1, -0.05) is 12.1 Å². The molecule has 0 saturated heterocycles. The van der Waals surface area contributed by atoms with E-state index in [1.165, 1.54) is 6.07 Å². The number of H-pyrrole nitrogens is 1. The van der Waals surface area contributed by atoms with Crippen LogP contribution < -0.4 is 10.6 Å². The van der Waals surface area contributed by atoms with Crippen molar-refractivity contribution in [2.75, 3.05) is 11.9 Å². The summed E-state index contributed by atoms with van der Waals surface area (Å²) < 4.78 is 10.8. The number of aromatic hydroxyl groups is 1. The Morgan fingerprint density at radius 1 is 1.34 bits per heavy atom. The molecule has 1 aromatic heterocycles. The first-order valence-corrected chi connectivity index (χ1v) is 10.5. The van der Waals surface area contributed by atoms with Crippen LogP contribution in [0.2, 0.25) is 0 Å². The molecule has 10 heteroatoms. The second-order valence-electron chi connectivity index (χ2n) is 8.05. The minimum atomic E-state index is -0.408. The highest BCUT2D eigenvalue weighted by Gasteiger charge is 2.30. The van der Waals surface area contributed by atoms with E-state index in [2.05, 4.69) is 20.8 Å². The fourth-order valence-corrected chi connectivity index (χ4v) is 3.65. The molecule has 2 atom stereocenters. The maximum atomic E-state index is 12.1. The summed E-state index contributed by atoms with van der Waals surface area (Å²) in [6.07, 6.45) is 2.29. The van der Waals surface area contributed by atoms with Gasteiger partial charge in [0.1, 0.15) is 18.5 Å². The van der Waals surface area contributed by atoms with Crippen LogP contribution in [-0.2, 0) is 20.9 Å². The van der Waals surface area contributed by atoms with Crippen molar-refractivity contribution in [1.82, 2.24) is 15.5 Å². The summed E-state index contributed by atoms with van der Waals surface area (Å²) in [6, 6.07) is 6.44. The molecule has 1 saturated carbocycles. The number of phenolic OH excluding ortho intramolecular Hbond substituents is 1. The van der Waals surface area contributed by atoms with Gasteiger partial charge in [0.2, 0.25) is 0 Å². The number of phenols is 1.